The van der Waals surface area contributed by atoms with E-state index in [1.807, 2.05) is 18.2 Å². The first kappa shape index (κ1) is 13.0. The van der Waals surface area contributed by atoms with Gasteiger partial charge in [0.1, 0.15) is 0 Å². The van der Waals surface area contributed by atoms with Crippen LogP contribution in [0.4, 0.5) is 5.69 Å². The van der Waals surface area contributed by atoms with Gasteiger partial charge in [0, 0.05) is 16.3 Å². The molecule has 3 N–H and O–H groups in total. The number of nitrogens with one attached hydrogen (secondary N) is 1. The fourth-order valence-electron chi connectivity index (χ4n) is 2.61. The van der Waals surface area contributed by atoms with Crippen LogP contribution in [0.5, 0.6) is 0 Å². The predicted octanol–water partition coefficient (Wildman–Crippen LogP) is 3.34. The first-order valence-corrected chi connectivity index (χ1v) is 6.96. The van der Waals surface area contributed by atoms with Gasteiger partial charge < -0.3 is 11.1 Å². The molecule has 102 valence electrons. The number of nitrogen functional groups attached to an aromatic ring is 1. The fourth-order valence-corrected chi connectivity index (χ4v) is 2.81. The molecule has 0 saturated carbocycles. The van der Waals surface area contributed by atoms with Crippen LogP contribution in [0.1, 0.15) is 33.9 Å². The molecule has 20 heavy (non-hydrogen) atoms. The number of benzene rings is 2. The maximum atomic E-state index is 12.2. The number of carbonyl (C=O) groups excluding carboxylic acids is 1. The molecule has 0 bridgehead atoms. The first-order chi connectivity index (χ1) is 9.63. The predicted molar refractivity (Wildman–Crippen MR) is 80.8 cm³/mol. The number of amides is 1. The minimum Gasteiger partial charge on any atom is -0.399 e. The average molecular weight is 287 g/mol. The minimum absolute atomic E-state index is 0.0623. The quantitative estimate of drug-likeness (QED) is 0.832. The summed E-state index contributed by atoms with van der Waals surface area (Å²) in [5, 5.41) is 3.81. The Balaban J connectivity index is 1.77. The highest BCUT2D eigenvalue weighted by Gasteiger charge is 2.24. The maximum Gasteiger partial charge on any atom is 0.251 e. The van der Waals surface area contributed by atoms with Crippen LogP contribution in [0.3, 0.4) is 0 Å². The van der Waals surface area contributed by atoms with E-state index in [1.54, 1.807) is 24.3 Å². The molecule has 0 spiro atoms. The molecule has 1 aliphatic carbocycles. The van der Waals surface area contributed by atoms with E-state index in [2.05, 4.69) is 5.32 Å². The second-order valence-corrected chi connectivity index (χ2v) is 5.47. The van der Waals surface area contributed by atoms with Gasteiger partial charge in [0.25, 0.3) is 5.91 Å². The summed E-state index contributed by atoms with van der Waals surface area (Å²) >= 11 is 5.99. The van der Waals surface area contributed by atoms with Gasteiger partial charge in [-0.05, 0) is 60.4 Å². The molecule has 0 fully saturated rings. The molecule has 0 radical (unpaired) electrons. The summed E-state index contributed by atoms with van der Waals surface area (Å²) in [6.07, 6.45) is 1.86. The van der Waals surface area contributed by atoms with Gasteiger partial charge >= 0.3 is 0 Å². The van der Waals surface area contributed by atoms with Crippen LogP contribution in [-0.4, -0.2) is 5.91 Å². The van der Waals surface area contributed by atoms with E-state index in [0.717, 1.165) is 23.4 Å². The van der Waals surface area contributed by atoms with E-state index in [0.29, 0.717) is 11.3 Å². The Hall–Kier alpha value is -2.00. The molecule has 1 unspecified atom stereocenters. The van der Waals surface area contributed by atoms with Gasteiger partial charge in [0.05, 0.1) is 6.04 Å². The van der Waals surface area contributed by atoms with E-state index < -0.39 is 0 Å². The minimum atomic E-state index is -0.0715. The topological polar surface area (TPSA) is 55.1 Å². The Morgan fingerprint density at radius 2 is 1.95 bits per heavy atom. The van der Waals surface area contributed by atoms with Crippen molar-refractivity contribution in [1.29, 1.82) is 0 Å². The molecule has 4 heteroatoms. The molecule has 0 aromatic heterocycles. The second-order valence-electron chi connectivity index (χ2n) is 5.03. The highest BCUT2D eigenvalue weighted by atomic mass is 35.5. The highest BCUT2D eigenvalue weighted by molar-refractivity contribution is 6.30. The molecule has 0 aliphatic heterocycles. The largest absolute Gasteiger partial charge is 0.399 e. The zero-order valence-electron chi connectivity index (χ0n) is 10.9. The molecule has 3 rings (SSSR count). The van der Waals surface area contributed by atoms with Gasteiger partial charge in [-0.3, -0.25) is 4.79 Å². The number of hydrogen-bond donors (Lipinski definition) is 2. The molecule has 1 atom stereocenters. The summed E-state index contributed by atoms with van der Waals surface area (Å²) < 4.78 is 0. The Morgan fingerprint density at radius 1 is 1.20 bits per heavy atom. The summed E-state index contributed by atoms with van der Waals surface area (Å²) in [6, 6.07) is 12.9. The molecule has 1 aliphatic rings. The molecule has 0 saturated heterocycles. The fraction of sp³-hybridized carbons (Fsp3) is 0.188. The van der Waals surface area contributed by atoms with Crippen molar-refractivity contribution in [3.8, 4) is 0 Å². The van der Waals surface area contributed by atoms with Crippen LogP contribution in [0.2, 0.25) is 5.02 Å². The van der Waals surface area contributed by atoms with Crippen molar-refractivity contribution in [3.05, 3.63) is 64.2 Å². The molecular formula is C16H15ClN2O. The average Bonchev–Trinajstić information content (AvgIpc) is 2.81. The Morgan fingerprint density at radius 3 is 2.70 bits per heavy atom. The number of fused-ring (bicyclic) bond motifs is 1. The van der Waals surface area contributed by atoms with E-state index >= 15 is 0 Å². The zero-order valence-corrected chi connectivity index (χ0v) is 11.7. The lowest BCUT2D eigenvalue weighted by Crippen LogP contribution is -2.27. The van der Waals surface area contributed by atoms with Gasteiger partial charge in [0.15, 0.2) is 0 Å². The Bertz CT molecular complexity index is 652. The Kier molecular flexibility index (Phi) is 3.36. The Labute approximate surface area is 122 Å². The van der Waals surface area contributed by atoms with E-state index in [4.69, 9.17) is 17.3 Å². The molecule has 2 aromatic carbocycles. The summed E-state index contributed by atoms with van der Waals surface area (Å²) in [7, 11) is 0. The molecule has 2 aromatic rings. The van der Waals surface area contributed by atoms with Crippen LogP contribution in [0.25, 0.3) is 0 Å². The normalized spacial score (nSPS) is 16.8. The van der Waals surface area contributed by atoms with Gasteiger partial charge in [-0.1, -0.05) is 17.7 Å². The third kappa shape index (κ3) is 2.49. The number of halogens is 1. The lowest BCUT2D eigenvalue weighted by molar-refractivity contribution is 0.0937. The monoisotopic (exact) mass is 286 g/mol. The number of anilines is 1. The van der Waals surface area contributed by atoms with Crippen LogP contribution < -0.4 is 11.1 Å². The molecule has 0 heterocycles. The smallest absolute Gasteiger partial charge is 0.251 e. The number of carbonyl (C=O) groups is 1. The summed E-state index contributed by atoms with van der Waals surface area (Å²) in [4.78, 5) is 12.2. The number of hydrogen-bond acceptors (Lipinski definition) is 2. The number of aryl methyl sites for hydroxylation is 1. The van der Waals surface area contributed by atoms with Gasteiger partial charge in [-0.2, -0.15) is 0 Å². The molecular weight excluding hydrogens is 272 g/mol. The van der Waals surface area contributed by atoms with Crippen molar-refractivity contribution in [3.63, 3.8) is 0 Å². The van der Waals surface area contributed by atoms with Crippen molar-refractivity contribution in [1.82, 2.24) is 5.32 Å². The zero-order chi connectivity index (χ0) is 14.1. The van der Waals surface area contributed by atoms with Crippen LogP contribution in [0, 0.1) is 0 Å². The van der Waals surface area contributed by atoms with Crippen molar-refractivity contribution in [2.24, 2.45) is 0 Å². The van der Waals surface area contributed by atoms with E-state index in [9.17, 15) is 4.79 Å². The van der Waals surface area contributed by atoms with Crippen LogP contribution in [0.15, 0.2) is 42.5 Å². The standard InChI is InChI=1S/C16H15ClN2O/c17-12-4-7-14-11(9-12)3-8-15(14)19-16(20)10-1-5-13(18)6-2-10/h1-2,4-7,9,15H,3,8,18H2,(H,19,20). The van der Waals surface area contributed by atoms with Gasteiger partial charge in [-0.15, -0.1) is 0 Å². The summed E-state index contributed by atoms with van der Waals surface area (Å²) in [5.74, 6) is -0.0715. The maximum absolute atomic E-state index is 12.2. The van der Waals surface area contributed by atoms with Crippen molar-refractivity contribution in [2.75, 3.05) is 5.73 Å². The molecule has 3 nitrogen and oxygen atoms in total. The van der Waals surface area contributed by atoms with Gasteiger partial charge in [0.2, 0.25) is 0 Å². The lowest BCUT2D eigenvalue weighted by atomic mass is 10.1. The van der Waals surface area contributed by atoms with Gasteiger partial charge in [-0.25, -0.2) is 0 Å². The molecule has 1 amide bonds. The van der Waals surface area contributed by atoms with Crippen molar-refractivity contribution < 1.29 is 4.79 Å². The van der Waals surface area contributed by atoms with Crippen LogP contribution >= 0.6 is 11.6 Å². The number of nitrogens with two attached hydrogens (primary N) is 1. The van der Waals surface area contributed by atoms with E-state index in [1.165, 1.54) is 5.56 Å². The van der Waals surface area contributed by atoms with Crippen molar-refractivity contribution in [2.45, 2.75) is 18.9 Å². The summed E-state index contributed by atoms with van der Waals surface area (Å²) in [6.45, 7) is 0. The lowest BCUT2D eigenvalue weighted by Gasteiger charge is -2.14. The van der Waals surface area contributed by atoms with Crippen molar-refractivity contribution >= 4 is 23.2 Å². The third-order valence-corrected chi connectivity index (χ3v) is 3.90. The first-order valence-electron chi connectivity index (χ1n) is 6.58. The van der Waals surface area contributed by atoms with E-state index in [-0.39, 0.29) is 11.9 Å². The SMILES string of the molecule is Nc1ccc(C(=O)NC2CCc3cc(Cl)ccc32)cc1. The highest BCUT2D eigenvalue weighted by Crippen LogP contribution is 2.33. The third-order valence-electron chi connectivity index (χ3n) is 3.66. The number of rotatable bonds is 2. The summed E-state index contributed by atoms with van der Waals surface area (Å²) in [5.41, 5.74) is 9.29. The second kappa shape index (κ2) is 5.17. The van der Waals surface area contributed by atoms with Crippen LogP contribution in [-0.2, 0) is 6.42 Å².